The first-order valence-corrected chi connectivity index (χ1v) is 9.80. The van der Waals surface area contributed by atoms with Crippen molar-refractivity contribution in [2.24, 2.45) is 0 Å². The standard InChI is InChI=1S/C23H31N3O3/c1-17(2)26(5)23(28)19-12-10-18(11-13-19)16-24-22(27)20-8-6-7-9-21(20)29-15-14-25(3)4/h6-13,17H,14-16H2,1-5H3,(H,24,27). The van der Waals surface area contributed by atoms with E-state index in [4.69, 9.17) is 4.74 Å². The van der Waals surface area contributed by atoms with E-state index >= 15 is 0 Å². The van der Waals surface area contributed by atoms with Crippen molar-refractivity contribution in [3.05, 3.63) is 65.2 Å². The summed E-state index contributed by atoms with van der Waals surface area (Å²) in [5.41, 5.74) is 2.07. The molecule has 2 aromatic carbocycles. The van der Waals surface area contributed by atoms with Crippen molar-refractivity contribution in [3.63, 3.8) is 0 Å². The first-order chi connectivity index (χ1) is 13.8. The van der Waals surface area contributed by atoms with Gasteiger partial charge in [-0.2, -0.15) is 0 Å². The molecule has 0 heterocycles. The Morgan fingerprint density at radius 3 is 2.28 bits per heavy atom. The van der Waals surface area contributed by atoms with Crippen LogP contribution in [0.5, 0.6) is 5.75 Å². The Balaban J connectivity index is 1.96. The Morgan fingerprint density at radius 1 is 1.00 bits per heavy atom. The number of carbonyl (C=O) groups is 2. The van der Waals surface area contributed by atoms with Crippen LogP contribution >= 0.6 is 0 Å². The molecule has 2 amide bonds. The fourth-order valence-corrected chi connectivity index (χ4v) is 2.60. The SMILES string of the molecule is CC(C)N(C)C(=O)c1ccc(CNC(=O)c2ccccc2OCCN(C)C)cc1. The van der Waals surface area contributed by atoms with Gasteiger partial charge in [-0.15, -0.1) is 0 Å². The van der Waals surface area contributed by atoms with E-state index < -0.39 is 0 Å². The molecule has 0 saturated heterocycles. The van der Waals surface area contributed by atoms with Gasteiger partial charge in [-0.3, -0.25) is 9.59 Å². The van der Waals surface area contributed by atoms with E-state index in [9.17, 15) is 9.59 Å². The third-order valence-electron chi connectivity index (χ3n) is 4.68. The predicted octanol–water partition coefficient (Wildman–Crippen LogP) is 3.04. The second-order valence-corrected chi connectivity index (χ2v) is 7.54. The van der Waals surface area contributed by atoms with Gasteiger partial charge in [0.2, 0.25) is 0 Å². The zero-order valence-electron chi connectivity index (χ0n) is 17.9. The molecule has 2 rings (SSSR count). The van der Waals surface area contributed by atoms with Crippen molar-refractivity contribution < 1.29 is 14.3 Å². The lowest BCUT2D eigenvalue weighted by molar-refractivity contribution is 0.0754. The van der Waals surface area contributed by atoms with Gasteiger partial charge in [-0.05, 0) is 57.8 Å². The van der Waals surface area contributed by atoms with Crippen LogP contribution < -0.4 is 10.1 Å². The number of benzene rings is 2. The molecule has 156 valence electrons. The summed E-state index contributed by atoms with van der Waals surface area (Å²) >= 11 is 0. The molecule has 0 aliphatic carbocycles. The summed E-state index contributed by atoms with van der Waals surface area (Å²) in [5.74, 6) is 0.369. The van der Waals surface area contributed by atoms with Crippen molar-refractivity contribution in [1.82, 2.24) is 15.1 Å². The second-order valence-electron chi connectivity index (χ2n) is 7.54. The summed E-state index contributed by atoms with van der Waals surface area (Å²) in [6.07, 6.45) is 0. The van der Waals surface area contributed by atoms with Crippen LogP contribution in [0.1, 0.15) is 40.1 Å². The topological polar surface area (TPSA) is 61.9 Å². The number of nitrogens with zero attached hydrogens (tertiary/aromatic N) is 2. The number of hydrogen-bond donors (Lipinski definition) is 1. The summed E-state index contributed by atoms with van der Waals surface area (Å²) in [5, 5.41) is 2.92. The third-order valence-corrected chi connectivity index (χ3v) is 4.68. The molecule has 6 heteroatoms. The summed E-state index contributed by atoms with van der Waals surface area (Å²) in [4.78, 5) is 28.7. The van der Waals surface area contributed by atoms with Gasteiger partial charge in [-0.1, -0.05) is 24.3 Å². The number of para-hydroxylation sites is 1. The highest BCUT2D eigenvalue weighted by atomic mass is 16.5. The van der Waals surface area contributed by atoms with Crippen LogP contribution in [0.3, 0.4) is 0 Å². The lowest BCUT2D eigenvalue weighted by atomic mass is 10.1. The van der Waals surface area contributed by atoms with Gasteiger partial charge in [0, 0.05) is 31.7 Å². The number of hydrogen-bond acceptors (Lipinski definition) is 4. The van der Waals surface area contributed by atoms with E-state index in [1.54, 1.807) is 36.2 Å². The lowest BCUT2D eigenvalue weighted by Crippen LogP contribution is -2.32. The number of carbonyl (C=O) groups excluding carboxylic acids is 2. The minimum absolute atomic E-state index is 0.0145. The average Bonchev–Trinajstić information content (AvgIpc) is 2.71. The van der Waals surface area contributed by atoms with Gasteiger partial charge in [0.15, 0.2) is 0 Å². The van der Waals surface area contributed by atoms with Crippen LogP contribution in [-0.2, 0) is 6.54 Å². The molecule has 1 N–H and O–H groups in total. The minimum Gasteiger partial charge on any atom is -0.491 e. The van der Waals surface area contributed by atoms with Crippen LogP contribution in [0.4, 0.5) is 0 Å². The van der Waals surface area contributed by atoms with Crippen molar-refractivity contribution in [2.45, 2.75) is 26.4 Å². The summed E-state index contributed by atoms with van der Waals surface area (Å²) in [6.45, 7) is 5.61. The molecule has 29 heavy (non-hydrogen) atoms. The van der Waals surface area contributed by atoms with Crippen LogP contribution in [0.15, 0.2) is 48.5 Å². The maximum Gasteiger partial charge on any atom is 0.255 e. The van der Waals surface area contributed by atoms with Gasteiger partial charge in [0.25, 0.3) is 11.8 Å². The fraction of sp³-hybridized carbons (Fsp3) is 0.391. The van der Waals surface area contributed by atoms with Gasteiger partial charge in [0.1, 0.15) is 12.4 Å². The molecule has 0 aliphatic rings. The molecule has 0 aromatic heterocycles. The smallest absolute Gasteiger partial charge is 0.255 e. The molecule has 0 saturated carbocycles. The summed E-state index contributed by atoms with van der Waals surface area (Å²) < 4.78 is 5.76. The molecule has 0 aliphatic heterocycles. The molecule has 0 unspecified atom stereocenters. The highest BCUT2D eigenvalue weighted by molar-refractivity contribution is 5.97. The van der Waals surface area contributed by atoms with Crippen LogP contribution in [0.25, 0.3) is 0 Å². The van der Waals surface area contributed by atoms with Gasteiger partial charge < -0.3 is 19.9 Å². The average molecular weight is 398 g/mol. The van der Waals surface area contributed by atoms with Crippen molar-refractivity contribution >= 4 is 11.8 Å². The Hall–Kier alpha value is -2.86. The molecule has 2 aromatic rings. The predicted molar refractivity (Wildman–Crippen MR) is 115 cm³/mol. The Labute approximate surface area is 173 Å². The number of amides is 2. The number of likely N-dealkylation sites (N-methyl/N-ethyl adjacent to an activating group) is 1. The normalized spacial score (nSPS) is 10.9. The molecular formula is C23H31N3O3. The molecule has 0 radical (unpaired) electrons. The van der Waals surface area contributed by atoms with E-state index in [1.165, 1.54) is 0 Å². The number of nitrogens with one attached hydrogen (secondary N) is 1. The van der Waals surface area contributed by atoms with E-state index in [-0.39, 0.29) is 17.9 Å². The molecule has 0 spiro atoms. The van der Waals surface area contributed by atoms with Gasteiger partial charge >= 0.3 is 0 Å². The van der Waals surface area contributed by atoms with Gasteiger partial charge in [0.05, 0.1) is 5.56 Å². The molecule has 0 bridgehead atoms. The highest BCUT2D eigenvalue weighted by Crippen LogP contribution is 2.18. The Bertz CT molecular complexity index is 816. The summed E-state index contributed by atoms with van der Waals surface area (Å²) in [7, 11) is 5.74. The maximum absolute atomic E-state index is 12.6. The number of rotatable bonds is 9. The first-order valence-electron chi connectivity index (χ1n) is 9.80. The van der Waals surface area contributed by atoms with E-state index in [2.05, 4.69) is 5.32 Å². The first kappa shape index (κ1) is 22.4. The van der Waals surface area contributed by atoms with Crippen LogP contribution in [0, 0.1) is 0 Å². The Kier molecular flexibility index (Phi) is 8.21. The van der Waals surface area contributed by atoms with Crippen molar-refractivity contribution in [3.8, 4) is 5.75 Å². The Morgan fingerprint density at radius 2 is 1.66 bits per heavy atom. The van der Waals surface area contributed by atoms with E-state index in [0.29, 0.717) is 30.0 Å². The lowest BCUT2D eigenvalue weighted by Gasteiger charge is -2.21. The molecule has 0 atom stereocenters. The van der Waals surface area contributed by atoms with Crippen molar-refractivity contribution in [2.75, 3.05) is 34.3 Å². The quantitative estimate of drug-likeness (QED) is 0.707. The van der Waals surface area contributed by atoms with E-state index in [1.807, 2.05) is 57.1 Å². The van der Waals surface area contributed by atoms with Crippen LogP contribution in [-0.4, -0.2) is 62.0 Å². The highest BCUT2D eigenvalue weighted by Gasteiger charge is 2.15. The third kappa shape index (κ3) is 6.61. The fourth-order valence-electron chi connectivity index (χ4n) is 2.60. The number of ether oxygens (including phenoxy) is 1. The van der Waals surface area contributed by atoms with Crippen molar-refractivity contribution in [1.29, 1.82) is 0 Å². The molecule has 0 fully saturated rings. The zero-order chi connectivity index (χ0) is 21.4. The van der Waals surface area contributed by atoms with E-state index in [0.717, 1.165) is 12.1 Å². The molecular weight excluding hydrogens is 366 g/mol. The minimum atomic E-state index is -0.190. The second kappa shape index (κ2) is 10.6. The largest absolute Gasteiger partial charge is 0.491 e. The zero-order valence-corrected chi connectivity index (χ0v) is 17.9. The molecule has 6 nitrogen and oxygen atoms in total. The van der Waals surface area contributed by atoms with Gasteiger partial charge in [-0.25, -0.2) is 0 Å². The van der Waals surface area contributed by atoms with Crippen LogP contribution in [0.2, 0.25) is 0 Å². The monoisotopic (exact) mass is 397 g/mol. The maximum atomic E-state index is 12.6. The summed E-state index contributed by atoms with van der Waals surface area (Å²) in [6, 6.07) is 14.7.